The van der Waals surface area contributed by atoms with E-state index in [4.69, 9.17) is 0 Å². The van der Waals surface area contributed by atoms with Crippen LogP contribution in [0.5, 0.6) is 0 Å². The second-order valence-electron chi connectivity index (χ2n) is 7.40. The van der Waals surface area contributed by atoms with Gasteiger partial charge in [0.25, 0.3) is 0 Å². The van der Waals surface area contributed by atoms with Crippen molar-refractivity contribution in [2.45, 2.75) is 58.5 Å². The number of nitrogens with zero attached hydrogens (tertiary/aromatic N) is 1. The third kappa shape index (κ3) is 5.83. The van der Waals surface area contributed by atoms with Crippen LogP contribution >= 0.6 is 0 Å². The molecule has 0 aromatic carbocycles. The summed E-state index contributed by atoms with van der Waals surface area (Å²) in [6, 6.07) is 0.0728. The Morgan fingerprint density at radius 3 is 2.52 bits per heavy atom. The van der Waals surface area contributed by atoms with E-state index in [9.17, 15) is 9.90 Å². The maximum atomic E-state index is 12.2. The van der Waals surface area contributed by atoms with E-state index in [1.54, 1.807) is 0 Å². The van der Waals surface area contributed by atoms with E-state index in [-0.39, 0.29) is 36.1 Å². The van der Waals surface area contributed by atoms with E-state index in [1.165, 1.54) is 0 Å². The van der Waals surface area contributed by atoms with Crippen molar-refractivity contribution in [3.05, 3.63) is 0 Å². The van der Waals surface area contributed by atoms with Crippen molar-refractivity contribution in [3.63, 3.8) is 0 Å². The van der Waals surface area contributed by atoms with Gasteiger partial charge >= 0.3 is 6.03 Å². The highest BCUT2D eigenvalue weighted by molar-refractivity contribution is 5.74. The first-order valence-electron chi connectivity index (χ1n) is 8.09. The van der Waals surface area contributed by atoms with Crippen LogP contribution in [0.1, 0.15) is 46.5 Å². The van der Waals surface area contributed by atoms with E-state index < -0.39 is 0 Å². The summed E-state index contributed by atoms with van der Waals surface area (Å²) in [5.41, 5.74) is 0.00375. The van der Waals surface area contributed by atoms with Gasteiger partial charge in [-0.25, -0.2) is 4.79 Å². The van der Waals surface area contributed by atoms with Crippen LogP contribution < -0.4 is 10.6 Å². The molecule has 0 unspecified atom stereocenters. The minimum absolute atomic E-state index is 0.00375. The monoisotopic (exact) mass is 299 g/mol. The van der Waals surface area contributed by atoms with E-state index in [0.717, 1.165) is 32.2 Å². The summed E-state index contributed by atoms with van der Waals surface area (Å²) in [5.74, 6) is 0.203. The number of hydrogen-bond donors (Lipinski definition) is 3. The Hall–Kier alpha value is -0.810. The van der Waals surface area contributed by atoms with Crippen LogP contribution in [0.25, 0.3) is 0 Å². The number of carbonyl (C=O) groups excluding carboxylic acids is 1. The minimum atomic E-state index is -0.111. The van der Waals surface area contributed by atoms with E-state index >= 15 is 0 Å². The van der Waals surface area contributed by atoms with Gasteiger partial charge in [0.05, 0.1) is 0 Å². The highest BCUT2D eigenvalue weighted by atomic mass is 16.3. The Labute approximate surface area is 129 Å². The Morgan fingerprint density at radius 2 is 1.95 bits per heavy atom. The molecule has 0 saturated heterocycles. The highest BCUT2D eigenvalue weighted by Gasteiger charge is 2.30. The summed E-state index contributed by atoms with van der Waals surface area (Å²) < 4.78 is 0. The van der Waals surface area contributed by atoms with Gasteiger partial charge in [0.2, 0.25) is 0 Å². The Balaban J connectivity index is 2.48. The van der Waals surface area contributed by atoms with Gasteiger partial charge in [0.15, 0.2) is 0 Å². The first-order valence-corrected chi connectivity index (χ1v) is 8.09. The van der Waals surface area contributed by atoms with Crippen LogP contribution in [0.2, 0.25) is 0 Å². The van der Waals surface area contributed by atoms with Crippen molar-refractivity contribution in [1.82, 2.24) is 15.5 Å². The number of aliphatic hydroxyl groups excluding tert-OH is 1. The van der Waals surface area contributed by atoms with Crippen molar-refractivity contribution in [3.8, 4) is 0 Å². The number of urea groups is 1. The second kappa shape index (κ2) is 7.99. The molecule has 0 aromatic heterocycles. The van der Waals surface area contributed by atoms with E-state index in [0.29, 0.717) is 0 Å². The third-order valence-corrected chi connectivity index (χ3v) is 4.70. The van der Waals surface area contributed by atoms with Crippen LogP contribution in [0, 0.1) is 11.3 Å². The number of hydrogen-bond acceptors (Lipinski definition) is 3. The Kier molecular flexibility index (Phi) is 6.94. The molecule has 0 aliphatic heterocycles. The van der Waals surface area contributed by atoms with Crippen LogP contribution in [0.15, 0.2) is 0 Å². The van der Waals surface area contributed by atoms with Crippen molar-refractivity contribution in [2.75, 3.05) is 27.2 Å². The van der Waals surface area contributed by atoms with Crippen LogP contribution in [-0.2, 0) is 0 Å². The normalized spacial score (nSPS) is 24.7. The SMILES string of the molecule is C[C@H](NC(=O)N[C@H]1CCCC[C@@H]1CO)C(C)(C)CN(C)C. The Morgan fingerprint density at radius 1 is 1.33 bits per heavy atom. The van der Waals surface area contributed by atoms with Crippen molar-refractivity contribution in [2.24, 2.45) is 11.3 Å². The summed E-state index contributed by atoms with van der Waals surface area (Å²) in [6.07, 6.45) is 4.25. The van der Waals surface area contributed by atoms with E-state index in [2.05, 4.69) is 29.4 Å². The van der Waals surface area contributed by atoms with Gasteiger partial charge in [0.1, 0.15) is 0 Å². The van der Waals surface area contributed by atoms with Gasteiger partial charge in [-0.05, 0) is 39.3 Å². The molecule has 5 nitrogen and oxygen atoms in total. The number of amides is 2. The molecule has 1 aliphatic carbocycles. The van der Waals surface area contributed by atoms with Crippen LogP contribution in [-0.4, -0.2) is 55.4 Å². The van der Waals surface area contributed by atoms with Gasteiger partial charge < -0.3 is 20.6 Å². The van der Waals surface area contributed by atoms with Crippen LogP contribution in [0.3, 0.4) is 0 Å². The topological polar surface area (TPSA) is 64.6 Å². The fraction of sp³-hybridized carbons (Fsp3) is 0.938. The van der Waals surface area contributed by atoms with Gasteiger partial charge in [-0.1, -0.05) is 26.7 Å². The molecule has 21 heavy (non-hydrogen) atoms. The first kappa shape index (κ1) is 18.2. The lowest BCUT2D eigenvalue weighted by Crippen LogP contribution is -2.54. The molecule has 0 radical (unpaired) electrons. The lowest BCUT2D eigenvalue weighted by atomic mass is 9.84. The maximum absolute atomic E-state index is 12.2. The van der Waals surface area contributed by atoms with Crippen molar-refractivity contribution < 1.29 is 9.90 Å². The lowest BCUT2D eigenvalue weighted by molar-refractivity contribution is 0.147. The van der Waals surface area contributed by atoms with Gasteiger partial charge in [-0.3, -0.25) is 0 Å². The van der Waals surface area contributed by atoms with Crippen molar-refractivity contribution >= 4 is 6.03 Å². The molecule has 1 rings (SSSR count). The number of rotatable bonds is 6. The van der Waals surface area contributed by atoms with E-state index in [1.807, 2.05) is 21.0 Å². The molecule has 0 bridgehead atoms. The molecular weight excluding hydrogens is 266 g/mol. The van der Waals surface area contributed by atoms with Gasteiger partial charge in [0, 0.05) is 31.2 Å². The molecule has 5 heteroatoms. The largest absolute Gasteiger partial charge is 0.396 e. The lowest BCUT2D eigenvalue weighted by Gasteiger charge is -2.36. The average Bonchev–Trinajstić information content (AvgIpc) is 2.37. The zero-order chi connectivity index (χ0) is 16.0. The predicted molar refractivity (Wildman–Crippen MR) is 86.3 cm³/mol. The molecule has 2 amide bonds. The fourth-order valence-electron chi connectivity index (χ4n) is 3.17. The zero-order valence-corrected chi connectivity index (χ0v) is 14.3. The zero-order valence-electron chi connectivity index (χ0n) is 14.3. The fourth-order valence-corrected chi connectivity index (χ4v) is 3.17. The number of carbonyl (C=O) groups is 1. The quantitative estimate of drug-likeness (QED) is 0.701. The van der Waals surface area contributed by atoms with Crippen molar-refractivity contribution in [1.29, 1.82) is 0 Å². The summed E-state index contributed by atoms with van der Waals surface area (Å²) >= 11 is 0. The number of nitrogens with one attached hydrogen (secondary N) is 2. The minimum Gasteiger partial charge on any atom is -0.396 e. The smallest absolute Gasteiger partial charge is 0.315 e. The molecule has 0 aromatic rings. The van der Waals surface area contributed by atoms with Gasteiger partial charge in [-0.2, -0.15) is 0 Å². The molecule has 1 fully saturated rings. The Bertz CT molecular complexity index is 331. The molecule has 1 saturated carbocycles. The third-order valence-electron chi connectivity index (χ3n) is 4.70. The summed E-state index contributed by atoms with van der Waals surface area (Å²) in [4.78, 5) is 14.3. The molecule has 3 atom stereocenters. The second-order valence-corrected chi connectivity index (χ2v) is 7.40. The maximum Gasteiger partial charge on any atom is 0.315 e. The molecular formula is C16H33N3O2. The summed E-state index contributed by atoms with van der Waals surface area (Å²) in [6.45, 7) is 7.45. The molecule has 0 heterocycles. The predicted octanol–water partition coefficient (Wildman–Crippen LogP) is 1.81. The summed E-state index contributed by atoms with van der Waals surface area (Å²) in [7, 11) is 4.09. The molecule has 3 N–H and O–H groups in total. The molecule has 0 spiro atoms. The number of aliphatic hydroxyl groups is 1. The highest BCUT2D eigenvalue weighted by Crippen LogP contribution is 2.24. The molecule has 124 valence electrons. The molecule has 1 aliphatic rings. The first-order chi connectivity index (χ1) is 9.76. The van der Waals surface area contributed by atoms with Gasteiger partial charge in [-0.15, -0.1) is 0 Å². The standard InChI is InChI=1S/C16H33N3O2/c1-12(16(2,3)11-19(4)5)17-15(21)18-14-9-7-6-8-13(14)10-20/h12-14,20H,6-11H2,1-5H3,(H2,17,18,21)/t12-,13+,14-/m0/s1. The average molecular weight is 299 g/mol. The van der Waals surface area contributed by atoms with Crippen LogP contribution in [0.4, 0.5) is 4.79 Å². The summed E-state index contributed by atoms with van der Waals surface area (Å²) in [5, 5.41) is 15.5.